The van der Waals surface area contributed by atoms with Crippen molar-refractivity contribution in [3.05, 3.63) is 46.6 Å². The lowest BCUT2D eigenvalue weighted by Crippen LogP contribution is -2.47. The van der Waals surface area contributed by atoms with Gasteiger partial charge >= 0.3 is 0 Å². The van der Waals surface area contributed by atoms with Crippen molar-refractivity contribution >= 4 is 29.0 Å². The van der Waals surface area contributed by atoms with Crippen LogP contribution < -0.4 is 5.32 Å². The van der Waals surface area contributed by atoms with E-state index in [9.17, 15) is 4.79 Å². The molecule has 126 valence electrons. The van der Waals surface area contributed by atoms with Crippen LogP contribution >= 0.6 is 11.6 Å². The molecule has 3 rings (SSSR count). The van der Waals surface area contributed by atoms with Gasteiger partial charge in [-0.2, -0.15) is 0 Å². The van der Waals surface area contributed by atoms with Gasteiger partial charge < -0.3 is 15.1 Å². The quantitative estimate of drug-likeness (QED) is 0.926. The van der Waals surface area contributed by atoms with E-state index in [0.29, 0.717) is 16.5 Å². The number of carbonyl (C=O) groups excluding carboxylic acids is 1. The number of hydrogen-bond acceptors (Lipinski definition) is 5. The predicted octanol–water partition coefficient (Wildman–Crippen LogP) is 2.57. The van der Waals surface area contributed by atoms with Crippen molar-refractivity contribution in [1.29, 1.82) is 0 Å². The zero-order chi connectivity index (χ0) is 17.1. The molecule has 1 amide bonds. The number of benzene rings is 1. The second-order valence-electron chi connectivity index (χ2n) is 5.98. The Hall–Kier alpha value is -2.18. The van der Waals surface area contributed by atoms with Crippen LogP contribution in [0, 0.1) is 6.92 Å². The molecular weight excluding hydrogens is 326 g/mol. The molecule has 0 atom stereocenters. The monoisotopic (exact) mass is 345 g/mol. The van der Waals surface area contributed by atoms with Crippen molar-refractivity contribution in [2.75, 3.05) is 38.5 Å². The van der Waals surface area contributed by atoms with Crippen molar-refractivity contribution in [2.45, 2.75) is 6.92 Å². The van der Waals surface area contributed by atoms with E-state index in [1.54, 1.807) is 12.1 Å². The molecule has 0 spiro atoms. The Kier molecular flexibility index (Phi) is 4.97. The number of rotatable bonds is 3. The molecule has 2 heterocycles. The Labute approximate surface area is 146 Å². The molecule has 0 radical (unpaired) electrons. The normalized spacial score (nSPS) is 15.4. The molecule has 1 saturated heterocycles. The minimum Gasteiger partial charge on any atom is -0.338 e. The molecule has 7 heteroatoms. The molecule has 2 aromatic rings. The maximum atomic E-state index is 12.4. The number of likely N-dealkylation sites (N-methyl/N-ethyl adjacent to an activating group) is 1. The third-order valence-corrected chi connectivity index (χ3v) is 4.37. The van der Waals surface area contributed by atoms with Crippen molar-refractivity contribution in [3.63, 3.8) is 0 Å². The standard InChI is InChI=1S/C17H20ClN5O/c1-12-3-4-13(18)11-15(12)19-16-6-5-14(20-21-16)17(24)23-9-7-22(2)8-10-23/h3-6,11H,7-10H2,1-2H3,(H,19,21). The minimum atomic E-state index is -0.0684. The lowest BCUT2D eigenvalue weighted by Gasteiger charge is -2.32. The number of nitrogens with zero attached hydrogens (tertiary/aromatic N) is 4. The summed E-state index contributed by atoms with van der Waals surface area (Å²) >= 11 is 6.02. The maximum absolute atomic E-state index is 12.4. The van der Waals surface area contributed by atoms with E-state index in [1.807, 2.05) is 30.0 Å². The lowest BCUT2D eigenvalue weighted by molar-refractivity contribution is 0.0657. The molecule has 6 nitrogen and oxygen atoms in total. The molecule has 0 bridgehead atoms. The van der Waals surface area contributed by atoms with Crippen LogP contribution in [0.15, 0.2) is 30.3 Å². The van der Waals surface area contributed by atoms with Gasteiger partial charge in [-0.05, 0) is 43.8 Å². The Morgan fingerprint density at radius 1 is 1.12 bits per heavy atom. The van der Waals surface area contributed by atoms with E-state index < -0.39 is 0 Å². The minimum absolute atomic E-state index is 0.0684. The van der Waals surface area contributed by atoms with Crippen molar-refractivity contribution < 1.29 is 4.79 Å². The largest absolute Gasteiger partial charge is 0.338 e. The molecule has 1 fully saturated rings. The van der Waals surface area contributed by atoms with Gasteiger partial charge in [-0.15, -0.1) is 10.2 Å². The number of amides is 1. The first-order valence-corrected chi connectivity index (χ1v) is 8.25. The van der Waals surface area contributed by atoms with Gasteiger partial charge in [-0.25, -0.2) is 0 Å². The highest BCUT2D eigenvalue weighted by Crippen LogP contribution is 2.23. The third-order valence-electron chi connectivity index (χ3n) is 4.14. The number of carbonyl (C=O) groups is 1. The molecular formula is C17H20ClN5O. The summed E-state index contributed by atoms with van der Waals surface area (Å²) in [4.78, 5) is 16.5. The first-order chi connectivity index (χ1) is 11.5. The topological polar surface area (TPSA) is 61.4 Å². The molecule has 1 aromatic carbocycles. The van der Waals surface area contributed by atoms with E-state index >= 15 is 0 Å². The molecule has 1 aliphatic rings. The highest BCUT2D eigenvalue weighted by Gasteiger charge is 2.21. The number of aromatic nitrogens is 2. The van der Waals surface area contributed by atoms with E-state index in [0.717, 1.165) is 37.4 Å². The first kappa shape index (κ1) is 16.7. The number of aryl methyl sites for hydroxylation is 1. The smallest absolute Gasteiger partial charge is 0.274 e. The van der Waals surface area contributed by atoms with Gasteiger partial charge in [0.2, 0.25) is 0 Å². The highest BCUT2D eigenvalue weighted by atomic mass is 35.5. The number of piperazine rings is 1. The third kappa shape index (κ3) is 3.83. The summed E-state index contributed by atoms with van der Waals surface area (Å²) in [7, 11) is 2.06. The Morgan fingerprint density at radius 3 is 2.54 bits per heavy atom. The van der Waals surface area contributed by atoms with Gasteiger partial charge in [0.05, 0.1) is 0 Å². The summed E-state index contributed by atoms with van der Waals surface area (Å²) in [5, 5.41) is 12.0. The number of halogens is 1. The van der Waals surface area contributed by atoms with E-state index in [4.69, 9.17) is 11.6 Å². The van der Waals surface area contributed by atoms with Gasteiger partial charge in [0.1, 0.15) is 0 Å². The van der Waals surface area contributed by atoms with E-state index in [2.05, 4.69) is 27.5 Å². The average Bonchev–Trinajstić information content (AvgIpc) is 2.59. The van der Waals surface area contributed by atoms with Crippen molar-refractivity contribution in [1.82, 2.24) is 20.0 Å². The van der Waals surface area contributed by atoms with Crippen LogP contribution in [0.25, 0.3) is 0 Å². The second-order valence-corrected chi connectivity index (χ2v) is 6.42. The molecule has 0 aliphatic carbocycles. The Balaban J connectivity index is 1.69. The van der Waals surface area contributed by atoms with E-state index in [1.165, 1.54) is 0 Å². The fourth-order valence-electron chi connectivity index (χ4n) is 2.55. The fraction of sp³-hybridized carbons (Fsp3) is 0.353. The summed E-state index contributed by atoms with van der Waals surface area (Å²) in [6.45, 7) is 5.19. The van der Waals surface area contributed by atoms with Gasteiger partial charge in [0, 0.05) is 36.9 Å². The Bertz CT molecular complexity index is 726. The average molecular weight is 346 g/mol. The maximum Gasteiger partial charge on any atom is 0.274 e. The molecule has 0 saturated carbocycles. The van der Waals surface area contributed by atoms with E-state index in [-0.39, 0.29) is 5.91 Å². The summed E-state index contributed by atoms with van der Waals surface area (Å²) < 4.78 is 0. The molecule has 0 unspecified atom stereocenters. The van der Waals surface area contributed by atoms with Gasteiger partial charge in [-0.3, -0.25) is 4.79 Å². The molecule has 1 aromatic heterocycles. The molecule has 1 N–H and O–H groups in total. The van der Waals surface area contributed by atoms with Crippen LogP contribution in [0.2, 0.25) is 5.02 Å². The predicted molar refractivity (Wildman–Crippen MR) is 94.9 cm³/mol. The first-order valence-electron chi connectivity index (χ1n) is 7.87. The Morgan fingerprint density at radius 2 is 1.88 bits per heavy atom. The summed E-state index contributed by atoms with van der Waals surface area (Å²) in [6.07, 6.45) is 0. The van der Waals surface area contributed by atoms with Crippen molar-refractivity contribution in [3.8, 4) is 0 Å². The summed E-state index contributed by atoms with van der Waals surface area (Å²) in [6, 6.07) is 9.07. The lowest BCUT2D eigenvalue weighted by atomic mass is 10.2. The highest BCUT2D eigenvalue weighted by molar-refractivity contribution is 6.30. The van der Waals surface area contributed by atoms with Gasteiger partial charge in [0.15, 0.2) is 11.5 Å². The zero-order valence-corrected chi connectivity index (χ0v) is 14.5. The molecule has 24 heavy (non-hydrogen) atoms. The van der Waals surface area contributed by atoms with Crippen LogP contribution in [0.4, 0.5) is 11.5 Å². The number of nitrogens with one attached hydrogen (secondary N) is 1. The van der Waals surface area contributed by atoms with Crippen LogP contribution in [0.1, 0.15) is 16.1 Å². The summed E-state index contributed by atoms with van der Waals surface area (Å²) in [5.41, 5.74) is 2.29. The van der Waals surface area contributed by atoms with Crippen LogP contribution in [0.5, 0.6) is 0 Å². The number of anilines is 2. The van der Waals surface area contributed by atoms with Crippen LogP contribution in [-0.2, 0) is 0 Å². The second kappa shape index (κ2) is 7.15. The SMILES string of the molecule is Cc1ccc(Cl)cc1Nc1ccc(C(=O)N2CCN(C)CC2)nn1. The number of hydrogen-bond donors (Lipinski definition) is 1. The summed E-state index contributed by atoms with van der Waals surface area (Å²) in [5.74, 6) is 0.511. The van der Waals surface area contributed by atoms with Crippen LogP contribution in [0.3, 0.4) is 0 Å². The van der Waals surface area contributed by atoms with Crippen molar-refractivity contribution in [2.24, 2.45) is 0 Å². The van der Waals surface area contributed by atoms with Crippen LogP contribution in [-0.4, -0.2) is 59.1 Å². The molecule has 1 aliphatic heterocycles. The fourth-order valence-corrected chi connectivity index (χ4v) is 2.72. The van der Waals surface area contributed by atoms with Gasteiger partial charge in [-0.1, -0.05) is 17.7 Å². The zero-order valence-electron chi connectivity index (χ0n) is 13.8. The van der Waals surface area contributed by atoms with Gasteiger partial charge in [0.25, 0.3) is 5.91 Å².